The van der Waals surface area contributed by atoms with E-state index in [1.807, 2.05) is 0 Å². The molecule has 0 aromatic heterocycles. The normalized spacial score (nSPS) is 13.8. The fourth-order valence-electron chi connectivity index (χ4n) is 1.63. The number of unbranched alkanes of at least 4 members (excludes halogenated alkanes) is 2. The molecule has 0 bridgehead atoms. The van der Waals surface area contributed by atoms with Gasteiger partial charge >= 0.3 is 0 Å². The lowest BCUT2D eigenvalue weighted by molar-refractivity contribution is 0.178. The standard InChI is InChI=1S/C9H26N6/c1-2-6-9(15(12)13)7-4-3-5-8-14(10)11/h9H,2-8,10-13H2,1H3. The van der Waals surface area contributed by atoms with Crippen molar-refractivity contribution in [1.29, 1.82) is 0 Å². The highest BCUT2D eigenvalue weighted by Crippen LogP contribution is 2.10. The van der Waals surface area contributed by atoms with Gasteiger partial charge in [-0.3, -0.25) is 23.4 Å². The highest BCUT2D eigenvalue weighted by atomic mass is 15.6. The highest BCUT2D eigenvalue weighted by Gasteiger charge is 2.10. The molecule has 0 rings (SSSR count). The minimum absolute atomic E-state index is 0.293. The molecule has 8 N–H and O–H groups in total. The van der Waals surface area contributed by atoms with Crippen LogP contribution in [0.1, 0.15) is 45.4 Å². The number of hydrazine groups is 4. The Kier molecular flexibility index (Phi) is 8.88. The van der Waals surface area contributed by atoms with Crippen LogP contribution >= 0.6 is 0 Å². The molecule has 0 heterocycles. The van der Waals surface area contributed by atoms with E-state index in [1.54, 1.807) is 0 Å². The summed E-state index contributed by atoms with van der Waals surface area (Å²) in [5, 5.41) is 2.56. The first-order valence-corrected chi connectivity index (χ1v) is 5.63. The highest BCUT2D eigenvalue weighted by molar-refractivity contribution is 4.63. The zero-order valence-electron chi connectivity index (χ0n) is 9.73. The molecule has 0 amide bonds. The number of hydrogen-bond donors (Lipinski definition) is 4. The van der Waals surface area contributed by atoms with Crippen molar-refractivity contribution in [3.05, 3.63) is 0 Å². The molecule has 0 radical (unpaired) electrons. The predicted octanol–water partition coefficient (Wildman–Crippen LogP) is -0.186. The van der Waals surface area contributed by atoms with Gasteiger partial charge in [0.2, 0.25) is 0 Å². The Hall–Kier alpha value is -0.240. The summed E-state index contributed by atoms with van der Waals surface area (Å²) in [6, 6.07) is 0.293. The largest absolute Gasteiger partial charge is 0.255 e. The minimum atomic E-state index is 0.293. The zero-order chi connectivity index (χ0) is 11.7. The summed E-state index contributed by atoms with van der Waals surface area (Å²) in [6.45, 7) is 2.87. The van der Waals surface area contributed by atoms with Crippen LogP contribution in [0.2, 0.25) is 0 Å². The second-order valence-electron chi connectivity index (χ2n) is 3.98. The predicted molar refractivity (Wildman–Crippen MR) is 62.5 cm³/mol. The average Bonchev–Trinajstić information content (AvgIpc) is 2.15. The van der Waals surface area contributed by atoms with E-state index in [2.05, 4.69) is 6.92 Å². The minimum Gasteiger partial charge on any atom is -0.255 e. The molecule has 0 aromatic carbocycles. The van der Waals surface area contributed by atoms with Gasteiger partial charge in [0.15, 0.2) is 0 Å². The van der Waals surface area contributed by atoms with Crippen molar-refractivity contribution < 1.29 is 0 Å². The third-order valence-electron chi connectivity index (χ3n) is 2.50. The summed E-state index contributed by atoms with van der Waals surface area (Å²) in [7, 11) is 0. The topological polar surface area (TPSA) is 111 Å². The van der Waals surface area contributed by atoms with E-state index in [1.165, 1.54) is 10.2 Å². The van der Waals surface area contributed by atoms with Crippen LogP contribution in [0.15, 0.2) is 0 Å². The van der Waals surface area contributed by atoms with Gasteiger partial charge < -0.3 is 0 Å². The molecular weight excluding hydrogens is 192 g/mol. The lowest BCUT2D eigenvalue weighted by atomic mass is 10.0. The molecule has 0 fully saturated rings. The molecule has 92 valence electrons. The van der Waals surface area contributed by atoms with Gasteiger partial charge in [-0.05, 0) is 19.3 Å². The molecule has 0 aliphatic heterocycles. The number of nitrogens with two attached hydrogens (primary N) is 4. The SMILES string of the molecule is CCCC(CCCCCN(N)N)N(N)N. The second kappa shape index (κ2) is 9.02. The maximum absolute atomic E-state index is 5.55. The third kappa shape index (κ3) is 8.73. The van der Waals surface area contributed by atoms with Gasteiger partial charge in [-0.1, -0.05) is 26.2 Å². The molecule has 0 aromatic rings. The molecule has 0 spiro atoms. The molecule has 0 saturated heterocycles. The summed E-state index contributed by atoms with van der Waals surface area (Å²) in [4.78, 5) is 0. The van der Waals surface area contributed by atoms with Crippen LogP contribution < -0.4 is 23.4 Å². The first kappa shape index (κ1) is 14.8. The first-order valence-electron chi connectivity index (χ1n) is 5.63. The van der Waals surface area contributed by atoms with E-state index in [9.17, 15) is 0 Å². The van der Waals surface area contributed by atoms with Crippen LogP contribution in [0, 0.1) is 0 Å². The molecule has 0 saturated carbocycles. The van der Waals surface area contributed by atoms with Crippen molar-refractivity contribution in [2.24, 2.45) is 23.4 Å². The number of rotatable bonds is 9. The zero-order valence-corrected chi connectivity index (χ0v) is 9.73. The van der Waals surface area contributed by atoms with Crippen molar-refractivity contribution >= 4 is 0 Å². The van der Waals surface area contributed by atoms with Gasteiger partial charge in [-0.2, -0.15) is 10.2 Å². The molecule has 0 aliphatic rings. The van der Waals surface area contributed by atoms with E-state index in [-0.39, 0.29) is 0 Å². The van der Waals surface area contributed by atoms with Crippen molar-refractivity contribution in [1.82, 2.24) is 10.2 Å². The molecule has 6 nitrogen and oxygen atoms in total. The Morgan fingerprint density at radius 1 is 0.933 bits per heavy atom. The van der Waals surface area contributed by atoms with Crippen molar-refractivity contribution in [3.8, 4) is 0 Å². The summed E-state index contributed by atoms with van der Waals surface area (Å²) in [5.74, 6) is 21.7. The fourth-order valence-corrected chi connectivity index (χ4v) is 1.63. The van der Waals surface area contributed by atoms with Gasteiger partial charge in [0.1, 0.15) is 0 Å². The fraction of sp³-hybridized carbons (Fsp3) is 1.00. The maximum atomic E-state index is 5.55. The lowest BCUT2D eigenvalue weighted by Crippen LogP contribution is -2.46. The lowest BCUT2D eigenvalue weighted by Gasteiger charge is -2.22. The van der Waals surface area contributed by atoms with Crippen molar-refractivity contribution in [3.63, 3.8) is 0 Å². The van der Waals surface area contributed by atoms with E-state index in [0.29, 0.717) is 6.04 Å². The quantitative estimate of drug-likeness (QED) is 0.243. The van der Waals surface area contributed by atoms with Crippen LogP contribution in [0.25, 0.3) is 0 Å². The molecule has 15 heavy (non-hydrogen) atoms. The van der Waals surface area contributed by atoms with Crippen LogP contribution in [0.5, 0.6) is 0 Å². The monoisotopic (exact) mass is 218 g/mol. The Labute approximate surface area is 92.4 Å². The summed E-state index contributed by atoms with van der Waals surface area (Å²) in [6.07, 6.45) is 6.43. The molecule has 6 heteroatoms. The summed E-state index contributed by atoms with van der Waals surface area (Å²) >= 11 is 0. The number of nitrogens with zero attached hydrogens (tertiary/aromatic N) is 2. The summed E-state index contributed by atoms with van der Waals surface area (Å²) < 4.78 is 0. The van der Waals surface area contributed by atoms with E-state index < -0.39 is 0 Å². The van der Waals surface area contributed by atoms with E-state index in [0.717, 1.165) is 45.1 Å². The van der Waals surface area contributed by atoms with Gasteiger partial charge in [-0.25, -0.2) is 0 Å². The van der Waals surface area contributed by atoms with Crippen LogP contribution in [-0.4, -0.2) is 22.8 Å². The van der Waals surface area contributed by atoms with Gasteiger partial charge in [-0.15, -0.1) is 0 Å². The van der Waals surface area contributed by atoms with Crippen LogP contribution in [-0.2, 0) is 0 Å². The molecule has 1 unspecified atom stereocenters. The summed E-state index contributed by atoms with van der Waals surface area (Å²) in [5.41, 5.74) is 0. The van der Waals surface area contributed by atoms with Gasteiger partial charge in [0, 0.05) is 12.6 Å². The average molecular weight is 218 g/mol. The molecule has 0 aliphatic carbocycles. The maximum Gasteiger partial charge on any atom is 0.0395 e. The molecular formula is C9H26N6. The van der Waals surface area contributed by atoms with Gasteiger partial charge in [0.25, 0.3) is 0 Å². The Morgan fingerprint density at radius 2 is 1.60 bits per heavy atom. The van der Waals surface area contributed by atoms with Crippen LogP contribution in [0.3, 0.4) is 0 Å². The van der Waals surface area contributed by atoms with Crippen molar-refractivity contribution in [2.45, 2.75) is 51.5 Å². The first-order chi connectivity index (χ1) is 7.07. The third-order valence-corrected chi connectivity index (χ3v) is 2.50. The Bertz CT molecular complexity index is 139. The second-order valence-corrected chi connectivity index (χ2v) is 3.98. The molecule has 1 atom stereocenters. The Morgan fingerprint density at radius 3 is 2.07 bits per heavy atom. The smallest absolute Gasteiger partial charge is 0.0395 e. The number of hydrogen-bond acceptors (Lipinski definition) is 6. The Balaban J connectivity index is 3.45. The van der Waals surface area contributed by atoms with E-state index >= 15 is 0 Å². The van der Waals surface area contributed by atoms with Crippen LogP contribution in [0.4, 0.5) is 0 Å². The van der Waals surface area contributed by atoms with Gasteiger partial charge in [0.05, 0.1) is 0 Å². The van der Waals surface area contributed by atoms with Crippen molar-refractivity contribution in [2.75, 3.05) is 6.54 Å². The van der Waals surface area contributed by atoms with E-state index in [4.69, 9.17) is 23.4 Å².